The first-order chi connectivity index (χ1) is 15.1. The van der Waals surface area contributed by atoms with E-state index in [-0.39, 0.29) is 17.7 Å². The van der Waals surface area contributed by atoms with Crippen molar-refractivity contribution >= 4 is 28.3 Å². The van der Waals surface area contributed by atoms with Crippen LogP contribution in [0, 0.1) is 0 Å². The van der Waals surface area contributed by atoms with Gasteiger partial charge in [0, 0.05) is 29.6 Å². The van der Waals surface area contributed by atoms with Gasteiger partial charge in [-0.2, -0.15) is 0 Å². The van der Waals surface area contributed by atoms with Crippen molar-refractivity contribution in [3.8, 4) is 0 Å². The standard InChI is InChI=1S/C26H24N2O3/c1-18(19-7-3-2-4-8-19)28-26(30)20-11-13-22(14-12-20)27-16-15-23(29)25-17-21-9-5-6-10-24(21)31-25/h2-14,17-18,27H,15-16H2,1H3,(H,28,30). The predicted octanol–water partition coefficient (Wildman–Crippen LogP) is 5.61. The highest BCUT2D eigenvalue weighted by atomic mass is 16.3. The van der Waals surface area contributed by atoms with Gasteiger partial charge < -0.3 is 15.1 Å². The summed E-state index contributed by atoms with van der Waals surface area (Å²) >= 11 is 0. The number of anilines is 1. The summed E-state index contributed by atoms with van der Waals surface area (Å²) in [5.41, 5.74) is 3.22. The van der Waals surface area contributed by atoms with E-state index in [1.54, 1.807) is 18.2 Å². The molecular weight excluding hydrogens is 388 g/mol. The van der Waals surface area contributed by atoms with Crippen LogP contribution in [0.15, 0.2) is 89.3 Å². The molecular formula is C26H24N2O3. The van der Waals surface area contributed by atoms with Crippen LogP contribution in [0.25, 0.3) is 11.0 Å². The van der Waals surface area contributed by atoms with Crippen molar-refractivity contribution in [3.63, 3.8) is 0 Å². The second-order valence-electron chi connectivity index (χ2n) is 7.43. The fourth-order valence-corrected chi connectivity index (χ4v) is 3.41. The van der Waals surface area contributed by atoms with E-state index in [9.17, 15) is 9.59 Å². The van der Waals surface area contributed by atoms with Crippen LogP contribution < -0.4 is 10.6 Å². The minimum absolute atomic E-state index is 0.0467. The van der Waals surface area contributed by atoms with Gasteiger partial charge in [0.05, 0.1) is 6.04 Å². The maximum Gasteiger partial charge on any atom is 0.251 e. The van der Waals surface area contributed by atoms with Gasteiger partial charge in [-0.3, -0.25) is 9.59 Å². The highest BCUT2D eigenvalue weighted by Gasteiger charge is 2.13. The fraction of sp³-hybridized carbons (Fsp3) is 0.154. The van der Waals surface area contributed by atoms with Gasteiger partial charge in [-0.25, -0.2) is 0 Å². The Morgan fingerprint density at radius 3 is 2.35 bits per heavy atom. The molecule has 0 aliphatic heterocycles. The van der Waals surface area contributed by atoms with Gasteiger partial charge in [0.1, 0.15) is 5.58 Å². The molecule has 0 aliphatic rings. The molecule has 5 nitrogen and oxygen atoms in total. The lowest BCUT2D eigenvalue weighted by molar-refractivity contribution is 0.0937. The molecule has 5 heteroatoms. The number of rotatable bonds is 8. The molecule has 1 atom stereocenters. The molecule has 1 heterocycles. The number of ketones is 1. The van der Waals surface area contributed by atoms with Gasteiger partial charge in [-0.15, -0.1) is 0 Å². The van der Waals surface area contributed by atoms with Crippen LogP contribution in [0.1, 0.15) is 45.9 Å². The Bertz CT molecular complexity index is 1150. The smallest absolute Gasteiger partial charge is 0.251 e. The molecule has 31 heavy (non-hydrogen) atoms. The van der Waals surface area contributed by atoms with E-state index in [0.717, 1.165) is 16.6 Å². The third kappa shape index (κ3) is 5.01. The van der Waals surface area contributed by atoms with Crippen LogP contribution in [0.2, 0.25) is 0 Å². The lowest BCUT2D eigenvalue weighted by Crippen LogP contribution is -2.26. The molecule has 0 saturated carbocycles. The van der Waals surface area contributed by atoms with Crippen LogP contribution in [0.4, 0.5) is 5.69 Å². The molecule has 0 saturated heterocycles. The molecule has 2 N–H and O–H groups in total. The molecule has 1 aromatic heterocycles. The minimum Gasteiger partial charge on any atom is -0.453 e. The molecule has 4 rings (SSSR count). The molecule has 3 aromatic carbocycles. The zero-order chi connectivity index (χ0) is 21.6. The van der Waals surface area contributed by atoms with E-state index in [2.05, 4.69) is 10.6 Å². The maximum absolute atomic E-state index is 12.5. The van der Waals surface area contributed by atoms with Crippen molar-refractivity contribution < 1.29 is 14.0 Å². The van der Waals surface area contributed by atoms with Gasteiger partial charge in [0.2, 0.25) is 0 Å². The number of nitrogens with one attached hydrogen (secondary N) is 2. The second kappa shape index (κ2) is 9.30. The molecule has 4 aromatic rings. The number of hydrogen-bond acceptors (Lipinski definition) is 4. The quantitative estimate of drug-likeness (QED) is 0.369. The Morgan fingerprint density at radius 1 is 0.903 bits per heavy atom. The van der Waals surface area contributed by atoms with Gasteiger partial charge >= 0.3 is 0 Å². The highest BCUT2D eigenvalue weighted by Crippen LogP contribution is 2.20. The summed E-state index contributed by atoms with van der Waals surface area (Å²) in [5.74, 6) is 0.208. The number of benzene rings is 3. The summed E-state index contributed by atoms with van der Waals surface area (Å²) in [6, 6.07) is 26.4. The average molecular weight is 412 g/mol. The number of para-hydroxylation sites is 1. The SMILES string of the molecule is CC(NC(=O)c1ccc(NCCC(=O)c2cc3ccccc3o2)cc1)c1ccccc1. The van der Waals surface area contributed by atoms with Gasteiger partial charge in [-0.1, -0.05) is 48.5 Å². The molecule has 0 aliphatic carbocycles. The first kappa shape index (κ1) is 20.4. The molecule has 1 unspecified atom stereocenters. The number of furan rings is 1. The summed E-state index contributed by atoms with van der Waals surface area (Å²) in [6.07, 6.45) is 0.316. The zero-order valence-corrected chi connectivity index (χ0v) is 17.3. The summed E-state index contributed by atoms with van der Waals surface area (Å²) in [5, 5.41) is 7.15. The summed E-state index contributed by atoms with van der Waals surface area (Å²) in [4.78, 5) is 24.9. The first-order valence-electron chi connectivity index (χ1n) is 10.3. The molecule has 0 bridgehead atoms. The van der Waals surface area contributed by atoms with E-state index in [4.69, 9.17) is 4.42 Å². The Kier molecular flexibility index (Phi) is 6.13. The van der Waals surface area contributed by atoms with Crippen LogP contribution in [0.3, 0.4) is 0 Å². The number of fused-ring (bicyclic) bond motifs is 1. The third-order valence-electron chi connectivity index (χ3n) is 5.18. The largest absolute Gasteiger partial charge is 0.453 e. The highest BCUT2D eigenvalue weighted by molar-refractivity contribution is 5.98. The van der Waals surface area contributed by atoms with Crippen molar-refractivity contribution in [1.82, 2.24) is 5.32 Å². The summed E-state index contributed by atoms with van der Waals surface area (Å²) in [7, 11) is 0. The Morgan fingerprint density at radius 2 is 1.61 bits per heavy atom. The Labute approximate surface area is 181 Å². The molecule has 0 radical (unpaired) electrons. The number of hydrogen-bond donors (Lipinski definition) is 2. The number of carbonyl (C=O) groups is 2. The molecule has 0 spiro atoms. The van der Waals surface area contributed by atoms with Gasteiger partial charge in [0.15, 0.2) is 11.5 Å². The topological polar surface area (TPSA) is 71.3 Å². The van der Waals surface area contributed by atoms with Gasteiger partial charge in [-0.05, 0) is 48.9 Å². The maximum atomic E-state index is 12.5. The van der Waals surface area contributed by atoms with E-state index in [0.29, 0.717) is 29.9 Å². The molecule has 1 amide bonds. The fourth-order valence-electron chi connectivity index (χ4n) is 3.41. The van der Waals surface area contributed by atoms with Crippen LogP contribution in [-0.2, 0) is 0 Å². The normalized spacial score (nSPS) is 11.8. The minimum atomic E-state index is -0.122. The number of Topliss-reactive ketones (excluding diaryl/α,β-unsaturated/α-hetero) is 1. The second-order valence-corrected chi connectivity index (χ2v) is 7.43. The van der Waals surface area contributed by atoms with Crippen LogP contribution in [0.5, 0.6) is 0 Å². The monoisotopic (exact) mass is 412 g/mol. The number of amides is 1. The summed E-state index contributed by atoms with van der Waals surface area (Å²) in [6.45, 7) is 2.44. The molecule has 0 fully saturated rings. The van der Waals surface area contributed by atoms with E-state index in [1.807, 2.05) is 73.7 Å². The molecule has 156 valence electrons. The third-order valence-corrected chi connectivity index (χ3v) is 5.18. The van der Waals surface area contributed by atoms with Crippen molar-refractivity contribution in [3.05, 3.63) is 102 Å². The van der Waals surface area contributed by atoms with E-state index in [1.165, 1.54) is 0 Å². The first-order valence-corrected chi connectivity index (χ1v) is 10.3. The predicted molar refractivity (Wildman–Crippen MR) is 122 cm³/mol. The van der Waals surface area contributed by atoms with Crippen molar-refractivity contribution in [2.24, 2.45) is 0 Å². The zero-order valence-electron chi connectivity index (χ0n) is 17.3. The summed E-state index contributed by atoms with van der Waals surface area (Å²) < 4.78 is 5.62. The van der Waals surface area contributed by atoms with Gasteiger partial charge in [0.25, 0.3) is 5.91 Å². The lowest BCUT2D eigenvalue weighted by Gasteiger charge is -2.14. The Hall–Kier alpha value is -3.86. The lowest BCUT2D eigenvalue weighted by atomic mass is 10.1. The van der Waals surface area contributed by atoms with Crippen molar-refractivity contribution in [1.29, 1.82) is 0 Å². The van der Waals surface area contributed by atoms with Crippen molar-refractivity contribution in [2.75, 3.05) is 11.9 Å². The van der Waals surface area contributed by atoms with Crippen molar-refractivity contribution in [2.45, 2.75) is 19.4 Å². The Balaban J connectivity index is 1.28. The average Bonchev–Trinajstić information content (AvgIpc) is 3.24. The van der Waals surface area contributed by atoms with E-state index >= 15 is 0 Å². The van der Waals surface area contributed by atoms with E-state index < -0.39 is 0 Å². The number of carbonyl (C=O) groups excluding carboxylic acids is 2. The van der Waals surface area contributed by atoms with Crippen LogP contribution in [-0.4, -0.2) is 18.2 Å². The van der Waals surface area contributed by atoms with Crippen LogP contribution >= 0.6 is 0 Å².